The summed E-state index contributed by atoms with van der Waals surface area (Å²) < 4.78 is 0. The molecule has 1 aliphatic rings. The summed E-state index contributed by atoms with van der Waals surface area (Å²) in [7, 11) is 0. The van der Waals surface area contributed by atoms with Gasteiger partial charge in [0.2, 0.25) is 0 Å². The number of aliphatic imine (C=N–C) groups is 1. The second kappa shape index (κ2) is 3.29. The molecule has 0 spiro atoms. The summed E-state index contributed by atoms with van der Waals surface area (Å²) in [6.45, 7) is 4.14. The molecular formula is C12H14N2. The van der Waals surface area contributed by atoms with Crippen molar-refractivity contribution in [3.05, 3.63) is 34.9 Å². The van der Waals surface area contributed by atoms with Crippen LogP contribution < -0.4 is 5.73 Å². The van der Waals surface area contributed by atoms with Crippen LogP contribution in [0.2, 0.25) is 0 Å². The van der Waals surface area contributed by atoms with Crippen LogP contribution in [0, 0.1) is 6.92 Å². The van der Waals surface area contributed by atoms with E-state index in [1.807, 2.05) is 0 Å². The number of hydrogen-bond donors (Lipinski definition) is 1. The summed E-state index contributed by atoms with van der Waals surface area (Å²) in [5, 5.41) is 0. The van der Waals surface area contributed by atoms with E-state index in [0.717, 1.165) is 17.7 Å². The molecule has 0 bridgehead atoms. The molecule has 1 heterocycles. The van der Waals surface area contributed by atoms with Crippen molar-refractivity contribution in [3.63, 3.8) is 0 Å². The monoisotopic (exact) mass is 186 g/mol. The standard InChI is InChI=1S/C12H14N2/c1-8-3-4-10-5-9(2)7-12(13)14-11(10)6-8/h3-6H,7H2,1-2H3,(H2,13,14). The normalized spacial score (nSPS) is 15.3. The summed E-state index contributed by atoms with van der Waals surface area (Å²) in [5.41, 5.74) is 10.4. The molecule has 1 aliphatic heterocycles. The molecule has 1 aromatic carbocycles. The molecule has 0 atom stereocenters. The molecule has 0 saturated carbocycles. The maximum atomic E-state index is 5.80. The summed E-state index contributed by atoms with van der Waals surface area (Å²) in [6, 6.07) is 6.26. The Balaban J connectivity index is 2.61. The lowest BCUT2D eigenvalue weighted by Crippen LogP contribution is -2.10. The molecule has 0 aliphatic carbocycles. The van der Waals surface area contributed by atoms with E-state index >= 15 is 0 Å². The van der Waals surface area contributed by atoms with E-state index in [-0.39, 0.29) is 0 Å². The number of fused-ring (bicyclic) bond motifs is 1. The molecule has 2 rings (SSSR count). The number of amidine groups is 1. The first kappa shape index (κ1) is 9.00. The van der Waals surface area contributed by atoms with E-state index in [0.29, 0.717) is 5.84 Å². The molecule has 14 heavy (non-hydrogen) atoms. The van der Waals surface area contributed by atoms with Gasteiger partial charge in [-0.05, 0) is 25.5 Å². The van der Waals surface area contributed by atoms with E-state index in [4.69, 9.17) is 5.73 Å². The Hall–Kier alpha value is -1.57. The number of hydrogen-bond acceptors (Lipinski definition) is 2. The summed E-state index contributed by atoms with van der Waals surface area (Å²) in [4.78, 5) is 4.39. The van der Waals surface area contributed by atoms with Crippen molar-refractivity contribution >= 4 is 17.6 Å². The fraction of sp³-hybridized carbons (Fsp3) is 0.250. The molecule has 2 N–H and O–H groups in total. The average molecular weight is 186 g/mol. The SMILES string of the molecule is CC1=Cc2ccc(C)cc2N=C(N)C1. The first-order valence-electron chi connectivity index (χ1n) is 4.76. The Morgan fingerprint density at radius 2 is 2.07 bits per heavy atom. The Kier molecular flexibility index (Phi) is 2.12. The lowest BCUT2D eigenvalue weighted by atomic mass is 10.1. The number of nitrogens with two attached hydrogens (primary N) is 1. The van der Waals surface area contributed by atoms with Gasteiger partial charge in [0, 0.05) is 12.0 Å². The van der Waals surface area contributed by atoms with Crippen molar-refractivity contribution in [2.24, 2.45) is 10.7 Å². The lowest BCUT2D eigenvalue weighted by Gasteiger charge is -2.00. The second-order valence-electron chi connectivity index (χ2n) is 3.83. The van der Waals surface area contributed by atoms with Gasteiger partial charge >= 0.3 is 0 Å². The van der Waals surface area contributed by atoms with Gasteiger partial charge in [-0.2, -0.15) is 0 Å². The van der Waals surface area contributed by atoms with Crippen molar-refractivity contribution in [2.75, 3.05) is 0 Å². The molecule has 1 aromatic rings. The van der Waals surface area contributed by atoms with E-state index < -0.39 is 0 Å². The zero-order chi connectivity index (χ0) is 10.1. The molecule has 0 saturated heterocycles. The van der Waals surface area contributed by atoms with Gasteiger partial charge in [-0.3, -0.25) is 0 Å². The highest BCUT2D eigenvalue weighted by molar-refractivity contribution is 5.89. The highest BCUT2D eigenvalue weighted by Crippen LogP contribution is 2.26. The minimum atomic E-state index is 0.697. The number of aryl methyl sites for hydroxylation is 1. The van der Waals surface area contributed by atoms with Gasteiger partial charge in [-0.1, -0.05) is 23.8 Å². The van der Waals surface area contributed by atoms with Crippen LogP contribution in [0.3, 0.4) is 0 Å². The highest BCUT2D eigenvalue weighted by Gasteiger charge is 2.06. The van der Waals surface area contributed by atoms with Crippen LogP contribution in [0.4, 0.5) is 5.69 Å². The van der Waals surface area contributed by atoms with Gasteiger partial charge in [-0.15, -0.1) is 0 Å². The molecular weight excluding hydrogens is 172 g/mol. The average Bonchev–Trinajstić information content (AvgIpc) is 2.21. The maximum absolute atomic E-state index is 5.80. The second-order valence-corrected chi connectivity index (χ2v) is 3.83. The van der Waals surface area contributed by atoms with E-state index in [1.165, 1.54) is 11.1 Å². The maximum Gasteiger partial charge on any atom is 0.104 e. The third kappa shape index (κ3) is 1.69. The van der Waals surface area contributed by atoms with Crippen LogP contribution in [-0.4, -0.2) is 5.84 Å². The summed E-state index contributed by atoms with van der Waals surface area (Å²) in [5.74, 6) is 0.697. The van der Waals surface area contributed by atoms with E-state index in [1.54, 1.807) is 0 Å². The third-order valence-corrected chi connectivity index (χ3v) is 2.31. The van der Waals surface area contributed by atoms with Crippen molar-refractivity contribution in [3.8, 4) is 0 Å². The summed E-state index contributed by atoms with van der Waals surface area (Å²) in [6.07, 6.45) is 2.92. The van der Waals surface area contributed by atoms with Crippen LogP contribution in [0.1, 0.15) is 24.5 Å². The molecule has 2 nitrogen and oxygen atoms in total. The summed E-state index contributed by atoms with van der Waals surface area (Å²) >= 11 is 0. The minimum Gasteiger partial charge on any atom is -0.387 e. The van der Waals surface area contributed by atoms with Crippen molar-refractivity contribution in [2.45, 2.75) is 20.3 Å². The highest BCUT2D eigenvalue weighted by atomic mass is 14.9. The fourth-order valence-electron chi connectivity index (χ4n) is 1.67. The smallest absolute Gasteiger partial charge is 0.104 e. The van der Waals surface area contributed by atoms with Gasteiger partial charge < -0.3 is 5.73 Å². The van der Waals surface area contributed by atoms with E-state index in [9.17, 15) is 0 Å². The molecule has 0 unspecified atom stereocenters. The Bertz CT molecular complexity index is 428. The van der Waals surface area contributed by atoms with E-state index in [2.05, 4.69) is 43.1 Å². The molecule has 2 heteroatoms. The van der Waals surface area contributed by atoms with Gasteiger partial charge in [0.05, 0.1) is 5.69 Å². The Morgan fingerprint density at radius 3 is 2.86 bits per heavy atom. The van der Waals surface area contributed by atoms with Gasteiger partial charge in [0.25, 0.3) is 0 Å². The fourth-order valence-corrected chi connectivity index (χ4v) is 1.67. The van der Waals surface area contributed by atoms with Crippen molar-refractivity contribution in [1.82, 2.24) is 0 Å². The zero-order valence-electron chi connectivity index (χ0n) is 8.54. The first-order valence-corrected chi connectivity index (χ1v) is 4.76. The van der Waals surface area contributed by atoms with Crippen LogP contribution in [0.25, 0.3) is 6.08 Å². The van der Waals surface area contributed by atoms with Crippen LogP contribution >= 0.6 is 0 Å². The molecule has 0 fully saturated rings. The van der Waals surface area contributed by atoms with Crippen molar-refractivity contribution in [1.29, 1.82) is 0 Å². The Morgan fingerprint density at radius 1 is 1.29 bits per heavy atom. The molecule has 0 aromatic heterocycles. The van der Waals surface area contributed by atoms with Crippen LogP contribution in [0.5, 0.6) is 0 Å². The molecule has 72 valence electrons. The quantitative estimate of drug-likeness (QED) is 0.664. The van der Waals surface area contributed by atoms with Crippen LogP contribution in [0.15, 0.2) is 28.8 Å². The number of rotatable bonds is 0. The number of benzene rings is 1. The third-order valence-electron chi connectivity index (χ3n) is 2.31. The predicted octanol–water partition coefficient (Wildman–Crippen LogP) is 2.79. The van der Waals surface area contributed by atoms with Gasteiger partial charge in [0.15, 0.2) is 0 Å². The minimum absolute atomic E-state index is 0.697. The van der Waals surface area contributed by atoms with Crippen molar-refractivity contribution < 1.29 is 0 Å². The predicted molar refractivity (Wildman–Crippen MR) is 60.7 cm³/mol. The largest absolute Gasteiger partial charge is 0.387 e. The Labute approximate surface area is 84.2 Å². The molecule has 0 radical (unpaired) electrons. The lowest BCUT2D eigenvalue weighted by molar-refractivity contribution is 1.26. The van der Waals surface area contributed by atoms with Crippen LogP contribution in [-0.2, 0) is 0 Å². The topological polar surface area (TPSA) is 38.4 Å². The van der Waals surface area contributed by atoms with Gasteiger partial charge in [0.1, 0.15) is 5.84 Å². The first-order chi connectivity index (χ1) is 6.65. The zero-order valence-corrected chi connectivity index (χ0v) is 8.54. The molecule has 0 amide bonds. The van der Waals surface area contributed by atoms with Gasteiger partial charge in [-0.25, -0.2) is 4.99 Å². The number of nitrogens with zero attached hydrogens (tertiary/aromatic N) is 1.